The molecule has 184 valence electrons. The van der Waals surface area contributed by atoms with E-state index in [0.717, 1.165) is 12.8 Å². The second-order valence-electron chi connectivity index (χ2n) is 10.1. The second kappa shape index (κ2) is 18.4. The van der Waals surface area contributed by atoms with E-state index < -0.39 is 24.1 Å². The van der Waals surface area contributed by atoms with Gasteiger partial charge in [-0.25, -0.2) is 0 Å². The van der Waals surface area contributed by atoms with Crippen molar-refractivity contribution in [3.8, 4) is 0 Å². The fourth-order valence-electron chi connectivity index (χ4n) is 3.87. The van der Waals surface area contributed by atoms with Crippen LogP contribution in [0.3, 0.4) is 0 Å². The van der Waals surface area contributed by atoms with E-state index in [1.165, 1.54) is 70.6 Å². The molecule has 0 aliphatic rings. The third kappa shape index (κ3) is 21.9. The van der Waals surface area contributed by atoms with Crippen LogP contribution in [0.25, 0.3) is 0 Å². The largest absolute Gasteiger partial charge is 0.550 e. The molecule has 0 aliphatic carbocycles. The number of carbonyl (C=O) groups excluding carboxylic acids is 2. The zero-order valence-electron chi connectivity index (χ0n) is 20.7. The summed E-state index contributed by atoms with van der Waals surface area (Å²) in [6.07, 6.45) is 15.2. The predicted molar refractivity (Wildman–Crippen MR) is 123 cm³/mol. The third-order valence-corrected chi connectivity index (χ3v) is 5.49. The Morgan fingerprint density at radius 1 is 0.806 bits per heavy atom. The standard InChI is InChI=1S/C25H49NO5/c1-5-6-7-8-9-10-11-12-13-14-15-16-17-18-22(27)19-25(30)31-23(20-24(28)29)21-26(2,3)4/h22-23,27H,5-21H2,1-4H3/t22?,23-/m1/s1. The van der Waals surface area contributed by atoms with Gasteiger partial charge in [0.2, 0.25) is 0 Å². The van der Waals surface area contributed by atoms with Crippen LogP contribution in [0.15, 0.2) is 0 Å². The fraction of sp³-hybridized carbons (Fsp3) is 0.920. The molecule has 0 spiro atoms. The molecule has 1 unspecified atom stereocenters. The molecule has 6 heteroatoms. The number of hydrogen-bond donors (Lipinski definition) is 1. The summed E-state index contributed by atoms with van der Waals surface area (Å²) in [5.41, 5.74) is 0. The Bertz CT molecular complexity index is 461. The van der Waals surface area contributed by atoms with Crippen LogP contribution in [-0.4, -0.2) is 61.4 Å². The number of nitrogens with zero attached hydrogens (tertiary/aromatic N) is 1. The van der Waals surface area contributed by atoms with Crippen LogP contribution in [0, 0.1) is 0 Å². The van der Waals surface area contributed by atoms with E-state index in [1.807, 2.05) is 21.1 Å². The molecule has 0 fully saturated rings. The quantitative estimate of drug-likeness (QED) is 0.165. The minimum Gasteiger partial charge on any atom is -0.550 e. The molecule has 1 N–H and O–H groups in total. The first-order valence-electron chi connectivity index (χ1n) is 12.5. The lowest BCUT2D eigenvalue weighted by molar-refractivity contribution is -0.873. The van der Waals surface area contributed by atoms with Gasteiger partial charge in [-0.3, -0.25) is 4.79 Å². The van der Waals surface area contributed by atoms with Gasteiger partial charge in [-0.2, -0.15) is 0 Å². The van der Waals surface area contributed by atoms with Gasteiger partial charge in [0.15, 0.2) is 6.10 Å². The van der Waals surface area contributed by atoms with Crippen molar-refractivity contribution in [3.05, 3.63) is 0 Å². The number of quaternary nitrogens is 1. The molecule has 0 aromatic rings. The highest BCUT2D eigenvalue weighted by Gasteiger charge is 2.23. The van der Waals surface area contributed by atoms with Crippen molar-refractivity contribution in [3.63, 3.8) is 0 Å². The highest BCUT2D eigenvalue weighted by molar-refractivity contribution is 5.71. The van der Waals surface area contributed by atoms with Crippen LogP contribution in [0.1, 0.15) is 110 Å². The van der Waals surface area contributed by atoms with Crippen LogP contribution in [-0.2, 0) is 14.3 Å². The highest BCUT2D eigenvalue weighted by Crippen LogP contribution is 2.14. The molecule has 0 aliphatic heterocycles. The summed E-state index contributed by atoms with van der Waals surface area (Å²) in [4.78, 5) is 23.0. The summed E-state index contributed by atoms with van der Waals surface area (Å²) in [7, 11) is 5.71. The predicted octanol–water partition coefficient (Wildman–Crippen LogP) is 3.98. The number of hydrogen-bond acceptors (Lipinski definition) is 5. The number of aliphatic carboxylic acids is 1. The van der Waals surface area contributed by atoms with Crippen molar-refractivity contribution in [1.29, 1.82) is 0 Å². The molecule has 0 heterocycles. The molecule has 6 nitrogen and oxygen atoms in total. The molecule has 0 saturated heterocycles. The van der Waals surface area contributed by atoms with Gasteiger partial charge in [0.05, 0.1) is 33.7 Å². The first-order valence-corrected chi connectivity index (χ1v) is 12.5. The highest BCUT2D eigenvalue weighted by atomic mass is 16.5. The maximum atomic E-state index is 12.1. The number of likely N-dealkylation sites (N-methyl/N-ethyl adjacent to an activating group) is 1. The van der Waals surface area contributed by atoms with Crippen molar-refractivity contribution in [2.45, 2.75) is 122 Å². The van der Waals surface area contributed by atoms with Crippen molar-refractivity contribution >= 4 is 11.9 Å². The Kier molecular flexibility index (Phi) is 17.8. The van der Waals surface area contributed by atoms with Crippen molar-refractivity contribution in [1.82, 2.24) is 0 Å². The maximum Gasteiger partial charge on any atom is 0.308 e. The summed E-state index contributed by atoms with van der Waals surface area (Å²) < 4.78 is 5.77. The first kappa shape index (κ1) is 29.9. The van der Waals surface area contributed by atoms with E-state index >= 15 is 0 Å². The SMILES string of the molecule is CCCCCCCCCCCCCCCC(O)CC(=O)O[C@H](CC(=O)[O-])C[N+](C)(C)C. The van der Waals surface area contributed by atoms with Gasteiger partial charge in [0, 0.05) is 12.4 Å². The molecular weight excluding hydrogens is 394 g/mol. The van der Waals surface area contributed by atoms with Crippen LogP contribution >= 0.6 is 0 Å². The van der Waals surface area contributed by atoms with Gasteiger partial charge >= 0.3 is 5.97 Å². The molecule has 0 radical (unpaired) electrons. The summed E-state index contributed by atoms with van der Waals surface area (Å²) in [5, 5.41) is 21.0. The number of esters is 1. The summed E-state index contributed by atoms with van der Waals surface area (Å²) in [6, 6.07) is 0. The van der Waals surface area contributed by atoms with E-state index in [-0.39, 0.29) is 12.8 Å². The zero-order chi connectivity index (χ0) is 23.5. The van der Waals surface area contributed by atoms with Crippen molar-refractivity contribution < 1.29 is 29.0 Å². The molecular formula is C25H49NO5. The smallest absolute Gasteiger partial charge is 0.308 e. The Hall–Kier alpha value is -1.14. The monoisotopic (exact) mass is 443 g/mol. The Balaban J connectivity index is 3.74. The van der Waals surface area contributed by atoms with Gasteiger partial charge in [0.25, 0.3) is 0 Å². The molecule has 2 atom stereocenters. The number of rotatable bonds is 21. The molecule has 31 heavy (non-hydrogen) atoms. The second-order valence-corrected chi connectivity index (χ2v) is 10.1. The Morgan fingerprint density at radius 3 is 1.68 bits per heavy atom. The van der Waals surface area contributed by atoms with Gasteiger partial charge in [-0.1, -0.05) is 90.4 Å². The number of aliphatic hydroxyl groups excluding tert-OH is 1. The van der Waals surface area contributed by atoms with Crippen LogP contribution in [0.4, 0.5) is 0 Å². The molecule has 0 aromatic heterocycles. The summed E-state index contributed by atoms with van der Waals surface area (Å²) >= 11 is 0. The first-order chi connectivity index (χ1) is 14.6. The Morgan fingerprint density at radius 2 is 1.26 bits per heavy atom. The molecule has 0 saturated carbocycles. The average Bonchev–Trinajstić information content (AvgIpc) is 2.63. The number of unbranched alkanes of at least 4 members (excludes halogenated alkanes) is 12. The van der Waals surface area contributed by atoms with E-state index in [0.29, 0.717) is 17.4 Å². The van der Waals surface area contributed by atoms with Crippen molar-refractivity contribution in [2.75, 3.05) is 27.7 Å². The van der Waals surface area contributed by atoms with Gasteiger partial charge in [-0.15, -0.1) is 0 Å². The third-order valence-electron chi connectivity index (χ3n) is 5.49. The Labute approximate surface area is 190 Å². The minimum absolute atomic E-state index is 0.0844. The average molecular weight is 444 g/mol. The normalized spacial score (nSPS) is 13.7. The molecule has 0 aromatic carbocycles. The minimum atomic E-state index is -1.24. The van der Waals surface area contributed by atoms with Crippen LogP contribution in [0.2, 0.25) is 0 Å². The van der Waals surface area contributed by atoms with E-state index in [2.05, 4.69) is 6.92 Å². The number of aliphatic hydroxyl groups is 1. The van der Waals surface area contributed by atoms with Crippen LogP contribution in [0.5, 0.6) is 0 Å². The molecule has 0 rings (SSSR count). The lowest BCUT2D eigenvalue weighted by Gasteiger charge is -2.29. The maximum absolute atomic E-state index is 12.1. The van der Waals surface area contributed by atoms with Gasteiger partial charge < -0.3 is 24.2 Å². The lowest BCUT2D eigenvalue weighted by Crippen LogP contribution is -2.45. The summed E-state index contributed by atoms with van der Waals surface area (Å²) in [5.74, 6) is -1.78. The fourth-order valence-corrected chi connectivity index (χ4v) is 3.87. The van der Waals surface area contributed by atoms with Gasteiger partial charge in [0.1, 0.15) is 6.54 Å². The molecule has 0 bridgehead atoms. The zero-order valence-corrected chi connectivity index (χ0v) is 20.7. The van der Waals surface area contributed by atoms with E-state index in [9.17, 15) is 19.8 Å². The van der Waals surface area contributed by atoms with Gasteiger partial charge in [-0.05, 0) is 6.42 Å². The van der Waals surface area contributed by atoms with Crippen molar-refractivity contribution in [2.24, 2.45) is 0 Å². The number of carbonyl (C=O) groups is 2. The molecule has 0 amide bonds. The lowest BCUT2D eigenvalue weighted by atomic mass is 10.0. The van der Waals surface area contributed by atoms with E-state index in [1.54, 1.807) is 0 Å². The van der Waals surface area contributed by atoms with Crippen LogP contribution < -0.4 is 5.11 Å². The topological polar surface area (TPSA) is 86.7 Å². The summed E-state index contributed by atoms with van der Waals surface area (Å²) in [6.45, 7) is 2.63. The van der Waals surface area contributed by atoms with E-state index in [4.69, 9.17) is 4.74 Å². The number of carboxylic acids is 1. The number of ether oxygens (including phenoxy) is 1. The number of carboxylic acid groups (broad SMARTS) is 1.